The van der Waals surface area contributed by atoms with Crippen LogP contribution in [-0.2, 0) is 6.61 Å². The molecule has 0 atom stereocenters. The van der Waals surface area contributed by atoms with Crippen LogP contribution in [0.3, 0.4) is 0 Å². The molecule has 0 unspecified atom stereocenters. The monoisotopic (exact) mass is 352 g/mol. The zero-order valence-corrected chi connectivity index (χ0v) is 14.4. The van der Waals surface area contributed by atoms with Gasteiger partial charge in [0.2, 0.25) is 0 Å². The number of Topliss-reactive ketones (excluding diaryl/α,β-unsaturated/α-hetero) is 1. The van der Waals surface area contributed by atoms with Crippen molar-refractivity contribution in [2.45, 2.75) is 13.5 Å². The summed E-state index contributed by atoms with van der Waals surface area (Å²) in [6, 6.07) is 13.8. The van der Waals surface area contributed by atoms with Crippen molar-refractivity contribution >= 4 is 28.7 Å². The van der Waals surface area contributed by atoms with E-state index in [2.05, 4.69) is 10.3 Å². The van der Waals surface area contributed by atoms with Crippen molar-refractivity contribution in [3.63, 3.8) is 0 Å². The van der Waals surface area contributed by atoms with Crippen molar-refractivity contribution in [2.75, 3.05) is 5.32 Å². The number of anilines is 1. The van der Waals surface area contributed by atoms with Crippen molar-refractivity contribution in [3.05, 3.63) is 76.2 Å². The Kier molecular flexibility index (Phi) is 5.20. The van der Waals surface area contributed by atoms with E-state index in [1.54, 1.807) is 41.9 Å². The Labute approximate surface area is 149 Å². The lowest BCUT2D eigenvalue weighted by atomic mass is 10.1. The van der Waals surface area contributed by atoms with Gasteiger partial charge in [0.15, 0.2) is 5.78 Å². The second-order valence-corrected chi connectivity index (χ2v) is 6.07. The van der Waals surface area contributed by atoms with Crippen LogP contribution in [0.4, 0.5) is 5.69 Å². The fourth-order valence-corrected chi connectivity index (χ4v) is 2.75. The van der Waals surface area contributed by atoms with Gasteiger partial charge in [-0.15, -0.1) is 11.3 Å². The van der Waals surface area contributed by atoms with Gasteiger partial charge in [0.05, 0.1) is 16.9 Å². The fourth-order valence-electron chi connectivity index (χ4n) is 2.21. The van der Waals surface area contributed by atoms with Gasteiger partial charge in [0.1, 0.15) is 12.4 Å². The number of aromatic nitrogens is 1. The van der Waals surface area contributed by atoms with E-state index in [4.69, 9.17) is 4.74 Å². The topological polar surface area (TPSA) is 68.3 Å². The predicted octanol–water partition coefficient (Wildman–Crippen LogP) is 4.18. The Bertz CT molecular complexity index is 874. The minimum Gasteiger partial charge on any atom is -0.485 e. The quantitative estimate of drug-likeness (QED) is 0.676. The van der Waals surface area contributed by atoms with E-state index in [0.29, 0.717) is 29.2 Å². The van der Waals surface area contributed by atoms with E-state index in [-0.39, 0.29) is 11.7 Å². The van der Waals surface area contributed by atoms with Gasteiger partial charge in [-0.05, 0) is 31.2 Å². The Morgan fingerprint density at radius 1 is 1.08 bits per heavy atom. The van der Waals surface area contributed by atoms with Crippen molar-refractivity contribution in [1.29, 1.82) is 0 Å². The number of ether oxygens (including phenoxy) is 1. The smallest absolute Gasteiger partial charge is 0.255 e. The zero-order chi connectivity index (χ0) is 17.6. The van der Waals surface area contributed by atoms with Crippen LogP contribution in [0.5, 0.6) is 5.75 Å². The summed E-state index contributed by atoms with van der Waals surface area (Å²) in [5, 5.41) is 4.75. The molecule has 0 saturated heterocycles. The third-order valence-corrected chi connectivity index (χ3v) is 4.18. The summed E-state index contributed by atoms with van der Waals surface area (Å²) in [5.41, 5.74) is 4.21. The maximum atomic E-state index is 12.4. The molecule has 0 fully saturated rings. The summed E-state index contributed by atoms with van der Waals surface area (Å²) >= 11 is 1.51. The standard InChI is InChI=1S/C19H16N2O3S/c1-13(22)14-6-8-15(9-7-14)19(23)21-17-4-2-3-5-18(17)24-10-16-11-25-12-20-16/h2-9,11-12H,10H2,1H3,(H,21,23). The van der Waals surface area contributed by atoms with Crippen LogP contribution in [-0.4, -0.2) is 16.7 Å². The molecule has 0 saturated carbocycles. The summed E-state index contributed by atoms with van der Waals surface area (Å²) in [7, 11) is 0. The molecular formula is C19H16N2O3S. The van der Waals surface area contributed by atoms with Crippen molar-refractivity contribution in [2.24, 2.45) is 0 Å². The average Bonchev–Trinajstić information content (AvgIpc) is 3.14. The predicted molar refractivity (Wildman–Crippen MR) is 97.3 cm³/mol. The first-order valence-corrected chi connectivity index (χ1v) is 8.59. The van der Waals surface area contributed by atoms with Crippen LogP contribution in [0.2, 0.25) is 0 Å². The molecule has 6 heteroatoms. The number of thiazole rings is 1. The SMILES string of the molecule is CC(=O)c1ccc(C(=O)Nc2ccccc2OCc2cscn2)cc1. The van der Waals surface area contributed by atoms with Gasteiger partial charge in [-0.1, -0.05) is 24.3 Å². The Balaban J connectivity index is 1.71. The number of amides is 1. The molecule has 1 amide bonds. The third kappa shape index (κ3) is 4.30. The molecule has 5 nitrogen and oxygen atoms in total. The highest BCUT2D eigenvalue weighted by atomic mass is 32.1. The van der Waals surface area contributed by atoms with Crippen LogP contribution >= 0.6 is 11.3 Å². The van der Waals surface area contributed by atoms with Crippen molar-refractivity contribution in [3.8, 4) is 5.75 Å². The normalized spacial score (nSPS) is 10.3. The van der Waals surface area contributed by atoms with Crippen LogP contribution in [0.15, 0.2) is 59.4 Å². The second kappa shape index (κ2) is 7.72. The minimum absolute atomic E-state index is 0.0345. The molecule has 1 aromatic heterocycles. The second-order valence-electron chi connectivity index (χ2n) is 5.35. The summed E-state index contributed by atoms with van der Waals surface area (Å²) in [4.78, 5) is 27.9. The lowest BCUT2D eigenvalue weighted by molar-refractivity contribution is 0.100. The highest BCUT2D eigenvalue weighted by Gasteiger charge is 2.11. The largest absolute Gasteiger partial charge is 0.485 e. The Hall–Kier alpha value is -2.99. The number of rotatable bonds is 6. The average molecular weight is 352 g/mol. The maximum Gasteiger partial charge on any atom is 0.255 e. The lowest BCUT2D eigenvalue weighted by Gasteiger charge is -2.12. The number of nitrogens with zero attached hydrogens (tertiary/aromatic N) is 1. The molecule has 1 N–H and O–H groups in total. The van der Waals surface area contributed by atoms with Gasteiger partial charge in [0, 0.05) is 16.5 Å². The molecule has 0 spiro atoms. The van der Waals surface area contributed by atoms with Gasteiger partial charge >= 0.3 is 0 Å². The molecular weight excluding hydrogens is 336 g/mol. The molecule has 0 bridgehead atoms. The number of carbonyl (C=O) groups is 2. The van der Waals surface area contributed by atoms with E-state index in [1.165, 1.54) is 18.3 Å². The molecule has 0 aliphatic rings. The molecule has 2 aromatic carbocycles. The lowest BCUT2D eigenvalue weighted by Crippen LogP contribution is -2.13. The Morgan fingerprint density at radius 2 is 1.80 bits per heavy atom. The first-order valence-electron chi connectivity index (χ1n) is 7.65. The van der Waals surface area contributed by atoms with Crippen LogP contribution in [0.25, 0.3) is 0 Å². The third-order valence-electron chi connectivity index (χ3n) is 3.55. The molecule has 126 valence electrons. The summed E-state index contributed by atoms with van der Waals surface area (Å²) < 4.78 is 5.75. The van der Waals surface area contributed by atoms with Crippen molar-refractivity contribution < 1.29 is 14.3 Å². The molecule has 0 radical (unpaired) electrons. The van der Waals surface area contributed by atoms with E-state index >= 15 is 0 Å². The Morgan fingerprint density at radius 3 is 2.48 bits per heavy atom. The summed E-state index contributed by atoms with van der Waals surface area (Å²) in [6.07, 6.45) is 0. The van der Waals surface area contributed by atoms with E-state index < -0.39 is 0 Å². The first kappa shape index (κ1) is 16.9. The number of hydrogen-bond donors (Lipinski definition) is 1. The summed E-state index contributed by atoms with van der Waals surface area (Å²) in [5.74, 6) is 0.275. The van der Waals surface area contributed by atoms with E-state index in [0.717, 1.165) is 5.69 Å². The molecule has 0 aliphatic carbocycles. The number of carbonyl (C=O) groups excluding carboxylic acids is 2. The van der Waals surface area contributed by atoms with Gasteiger partial charge in [0.25, 0.3) is 5.91 Å². The zero-order valence-electron chi connectivity index (χ0n) is 13.6. The van der Waals surface area contributed by atoms with Crippen molar-refractivity contribution in [1.82, 2.24) is 4.98 Å². The van der Waals surface area contributed by atoms with Crippen LogP contribution in [0, 0.1) is 0 Å². The van der Waals surface area contributed by atoms with Crippen LogP contribution in [0.1, 0.15) is 33.3 Å². The van der Waals surface area contributed by atoms with E-state index in [1.807, 2.05) is 17.5 Å². The van der Waals surface area contributed by atoms with E-state index in [9.17, 15) is 9.59 Å². The summed E-state index contributed by atoms with van der Waals surface area (Å²) in [6.45, 7) is 1.83. The number of hydrogen-bond acceptors (Lipinski definition) is 5. The number of para-hydroxylation sites is 2. The first-order chi connectivity index (χ1) is 12.1. The maximum absolute atomic E-state index is 12.4. The highest BCUT2D eigenvalue weighted by Crippen LogP contribution is 2.25. The number of ketones is 1. The number of benzene rings is 2. The highest BCUT2D eigenvalue weighted by molar-refractivity contribution is 7.07. The van der Waals surface area contributed by atoms with Gasteiger partial charge in [-0.2, -0.15) is 0 Å². The molecule has 3 rings (SSSR count). The molecule has 1 heterocycles. The molecule has 0 aliphatic heterocycles. The number of nitrogens with one attached hydrogen (secondary N) is 1. The van der Waals surface area contributed by atoms with Gasteiger partial charge in [-0.25, -0.2) is 4.98 Å². The minimum atomic E-state index is -0.264. The molecule has 3 aromatic rings. The fraction of sp³-hybridized carbons (Fsp3) is 0.105. The van der Waals surface area contributed by atoms with Gasteiger partial charge < -0.3 is 10.1 Å². The van der Waals surface area contributed by atoms with Gasteiger partial charge in [-0.3, -0.25) is 9.59 Å². The van der Waals surface area contributed by atoms with Crippen LogP contribution < -0.4 is 10.1 Å². The molecule has 25 heavy (non-hydrogen) atoms.